The SMILES string of the molecule is C#CCN(CC)c1c(N)cncc1Br. The highest BCUT2D eigenvalue weighted by Gasteiger charge is 2.10. The molecule has 0 saturated carbocycles. The van der Waals surface area contributed by atoms with Crippen molar-refractivity contribution in [2.24, 2.45) is 0 Å². The van der Waals surface area contributed by atoms with E-state index in [0.29, 0.717) is 12.2 Å². The minimum Gasteiger partial charge on any atom is -0.396 e. The molecule has 0 atom stereocenters. The molecular weight excluding hydrogens is 242 g/mol. The Labute approximate surface area is 92.4 Å². The fourth-order valence-corrected chi connectivity index (χ4v) is 1.83. The number of anilines is 2. The van der Waals surface area contributed by atoms with Crippen LogP contribution in [0.3, 0.4) is 0 Å². The summed E-state index contributed by atoms with van der Waals surface area (Å²) in [5.74, 6) is 2.60. The fraction of sp³-hybridized carbons (Fsp3) is 0.300. The Bertz CT molecular complexity index is 337. The van der Waals surface area contributed by atoms with Crippen LogP contribution in [0.2, 0.25) is 0 Å². The molecule has 0 unspecified atom stereocenters. The molecule has 1 rings (SSSR count). The third kappa shape index (κ3) is 2.18. The smallest absolute Gasteiger partial charge is 0.0792 e. The monoisotopic (exact) mass is 253 g/mol. The van der Waals surface area contributed by atoms with Crippen LogP contribution in [0.1, 0.15) is 6.92 Å². The first-order valence-electron chi connectivity index (χ1n) is 4.28. The predicted octanol–water partition coefficient (Wildman–Crippen LogP) is 1.89. The van der Waals surface area contributed by atoms with Crippen LogP contribution in [0, 0.1) is 12.3 Å². The van der Waals surface area contributed by atoms with E-state index in [2.05, 4.69) is 26.8 Å². The molecule has 0 aliphatic carbocycles. The second-order valence-electron chi connectivity index (χ2n) is 2.78. The van der Waals surface area contributed by atoms with Crippen molar-refractivity contribution in [1.82, 2.24) is 4.98 Å². The van der Waals surface area contributed by atoms with Gasteiger partial charge < -0.3 is 10.6 Å². The van der Waals surface area contributed by atoms with Gasteiger partial charge in [0.1, 0.15) is 0 Å². The molecule has 4 heteroatoms. The van der Waals surface area contributed by atoms with Gasteiger partial charge in [-0.05, 0) is 22.9 Å². The molecule has 0 amide bonds. The van der Waals surface area contributed by atoms with Crippen molar-refractivity contribution in [2.45, 2.75) is 6.92 Å². The molecule has 0 aromatic carbocycles. The predicted molar refractivity (Wildman–Crippen MR) is 63.1 cm³/mol. The van der Waals surface area contributed by atoms with Gasteiger partial charge in [-0.15, -0.1) is 6.42 Å². The summed E-state index contributed by atoms with van der Waals surface area (Å²) in [4.78, 5) is 5.99. The molecule has 1 heterocycles. The third-order valence-electron chi connectivity index (χ3n) is 1.88. The van der Waals surface area contributed by atoms with Gasteiger partial charge in [0.25, 0.3) is 0 Å². The van der Waals surface area contributed by atoms with E-state index >= 15 is 0 Å². The molecule has 0 spiro atoms. The van der Waals surface area contributed by atoms with Crippen molar-refractivity contribution in [1.29, 1.82) is 0 Å². The molecular formula is C10H12BrN3. The van der Waals surface area contributed by atoms with E-state index in [9.17, 15) is 0 Å². The Balaban J connectivity index is 3.09. The minimum absolute atomic E-state index is 0.545. The summed E-state index contributed by atoms with van der Waals surface area (Å²) >= 11 is 3.41. The highest BCUT2D eigenvalue weighted by Crippen LogP contribution is 2.30. The molecule has 14 heavy (non-hydrogen) atoms. The number of hydrogen-bond acceptors (Lipinski definition) is 3. The van der Waals surface area contributed by atoms with Crippen molar-refractivity contribution < 1.29 is 0 Å². The quantitative estimate of drug-likeness (QED) is 0.837. The Hall–Kier alpha value is -1.21. The van der Waals surface area contributed by atoms with E-state index in [-0.39, 0.29) is 0 Å². The molecule has 0 saturated heterocycles. The van der Waals surface area contributed by atoms with E-state index in [1.54, 1.807) is 12.4 Å². The normalized spacial score (nSPS) is 9.50. The molecule has 0 bridgehead atoms. The molecule has 0 fully saturated rings. The van der Waals surface area contributed by atoms with Crippen molar-refractivity contribution in [3.63, 3.8) is 0 Å². The second-order valence-corrected chi connectivity index (χ2v) is 3.63. The van der Waals surface area contributed by atoms with Crippen LogP contribution in [0.4, 0.5) is 11.4 Å². The van der Waals surface area contributed by atoms with E-state index in [0.717, 1.165) is 16.7 Å². The summed E-state index contributed by atoms with van der Waals surface area (Å²) in [5.41, 5.74) is 7.38. The summed E-state index contributed by atoms with van der Waals surface area (Å²) in [6.45, 7) is 3.39. The standard InChI is InChI=1S/C10H12BrN3/c1-3-5-14(4-2)10-8(11)6-13-7-9(10)12/h1,6-7H,4-5,12H2,2H3. The third-order valence-corrected chi connectivity index (χ3v) is 2.46. The van der Waals surface area contributed by atoms with Crippen LogP contribution in [-0.2, 0) is 0 Å². The van der Waals surface area contributed by atoms with Gasteiger partial charge in [-0.2, -0.15) is 0 Å². The molecule has 0 radical (unpaired) electrons. The van der Waals surface area contributed by atoms with Crippen LogP contribution < -0.4 is 10.6 Å². The van der Waals surface area contributed by atoms with Crippen molar-refractivity contribution in [3.05, 3.63) is 16.9 Å². The number of nitrogen functional groups attached to an aromatic ring is 1. The lowest BCUT2D eigenvalue weighted by Gasteiger charge is -2.22. The zero-order chi connectivity index (χ0) is 10.6. The second kappa shape index (κ2) is 4.87. The molecule has 2 N–H and O–H groups in total. The number of hydrogen-bond donors (Lipinski definition) is 1. The molecule has 74 valence electrons. The molecule has 1 aromatic rings. The lowest BCUT2D eigenvalue weighted by Crippen LogP contribution is -2.24. The Morgan fingerprint density at radius 3 is 2.86 bits per heavy atom. The van der Waals surface area contributed by atoms with Gasteiger partial charge in [-0.1, -0.05) is 5.92 Å². The van der Waals surface area contributed by atoms with Crippen LogP contribution in [0.25, 0.3) is 0 Å². The molecule has 0 aliphatic heterocycles. The highest BCUT2D eigenvalue weighted by molar-refractivity contribution is 9.10. The Morgan fingerprint density at radius 2 is 2.36 bits per heavy atom. The van der Waals surface area contributed by atoms with Crippen LogP contribution >= 0.6 is 15.9 Å². The van der Waals surface area contributed by atoms with Gasteiger partial charge in [0.2, 0.25) is 0 Å². The maximum absolute atomic E-state index is 5.83. The summed E-state index contributed by atoms with van der Waals surface area (Å²) in [5, 5.41) is 0. The van der Waals surface area contributed by atoms with Crippen LogP contribution in [-0.4, -0.2) is 18.1 Å². The van der Waals surface area contributed by atoms with Crippen molar-refractivity contribution >= 4 is 27.3 Å². The Morgan fingerprint density at radius 1 is 1.64 bits per heavy atom. The van der Waals surface area contributed by atoms with Gasteiger partial charge in [-0.25, -0.2) is 0 Å². The maximum atomic E-state index is 5.83. The number of nitrogens with two attached hydrogens (primary N) is 1. The Kier molecular flexibility index (Phi) is 3.78. The van der Waals surface area contributed by atoms with Crippen LogP contribution in [0.5, 0.6) is 0 Å². The summed E-state index contributed by atoms with van der Waals surface area (Å²) in [6.07, 6.45) is 8.62. The average molecular weight is 254 g/mol. The first-order valence-corrected chi connectivity index (χ1v) is 5.07. The van der Waals surface area contributed by atoms with E-state index in [1.807, 2.05) is 11.8 Å². The van der Waals surface area contributed by atoms with Crippen molar-refractivity contribution in [3.8, 4) is 12.3 Å². The first-order chi connectivity index (χ1) is 6.70. The summed E-state index contributed by atoms with van der Waals surface area (Å²) in [7, 11) is 0. The van der Waals surface area contributed by atoms with E-state index < -0.39 is 0 Å². The topological polar surface area (TPSA) is 42.1 Å². The van der Waals surface area contributed by atoms with Gasteiger partial charge in [0.05, 0.1) is 28.6 Å². The molecule has 3 nitrogen and oxygen atoms in total. The van der Waals surface area contributed by atoms with E-state index in [4.69, 9.17) is 12.2 Å². The fourth-order valence-electron chi connectivity index (χ4n) is 1.24. The highest BCUT2D eigenvalue weighted by atomic mass is 79.9. The van der Waals surface area contributed by atoms with Crippen molar-refractivity contribution in [2.75, 3.05) is 23.7 Å². The number of terminal acetylenes is 1. The number of aromatic nitrogens is 1. The molecule has 0 aliphatic rings. The van der Waals surface area contributed by atoms with Gasteiger partial charge in [-0.3, -0.25) is 4.98 Å². The largest absolute Gasteiger partial charge is 0.396 e. The van der Waals surface area contributed by atoms with E-state index in [1.165, 1.54) is 0 Å². The van der Waals surface area contributed by atoms with Gasteiger partial charge in [0, 0.05) is 12.7 Å². The number of rotatable bonds is 3. The van der Waals surface area contributed by atoms with Gasteiger partial charge >= 0.3 is 0 Å². The number of halogens is 1. The van der Waals surface area contributed by atoms with Crippen LogP contribution in [0.15, 0.2) is 16.9 Å². The number of nitrogens with zero attached hydrogens (tertiary/aromatic N) is 2. The minimum atomic E-state index is 0.545. The average Bonchev–Trinajstić information content (AvgIpc) is 2.16. The lowest BCUT2D eigenvalue weighted by atomic mass is 10.3. The first kappa shape index (κ1) is 10.9. The number of pyridine rings is 1. The van der Waals surface area contributed by atoms with Gasteiger partial charge in [0.15, 0.2) is 0 Å². The zero-order valence-electron chi connectivity index (χ0n) is 8.00. The zero-order valence-corrected chi connectivity index (χ0v) is 9.58. The maximum Gasteiger partial charge on any atom is 0.0792 e. The summed E-state index contributed by atoms with van der Waals surface area (Å²) < 4.78 is 0.870. The molecule has 1 aromatic heterocycles. The lowest BCUT2D eigenvalue weighted by molar-refractivity contribution is 0.914. The summed E-state index contributed by atoms with van der Waals surface area (Å²) in [6, 6.07) is 0.